The van der Waals surface area contributed by atoms with Gasteiger partial charge in [-0.05, 0) is 0 Å². The molecular weight excluding hydrogens is 296 g/mol. The van der Waals surface area contributed by atoms with E-state index in [9.17, 15) is 0 Å². The van der Waals surface area contributed by atoms with Gasteiger partial charge in [-0.3, -0.25) is 0 Å². The fourth-order valence-corrected chi connectivity index (χ4v) is 0. The average molecular weight is 310 g/mol. The van der Waals surface area contributed by atoms with Gasteiger partial charge < -0.3 is 13.8 Å². The molecule has 0 N–H and O–H groups in total. The van der Waals surface area contributed by atoms with Crippen molar-refractivity contribution in [3.63, 3.8) is 0 Å². The third kappa shape index (κ3) is 82.1. The SMILES string of the molecule is [CH2-]C.[CH2-]CCC.[Mo+2].[S]=[Mo]. The Hall–Kier alpha value is 1.60. The van der Waals surface area contributed by atoms with Crippen LogP contribution in [0.3, 0.4) is 0 Å². The number of hydrogen-bond acceptors (Lipinski definition) is 1. The van der Waals surface area contributed by atoms with Crippen LogP contribution in [0.1, 0.15) is 26.7 Å². The van der Waals surface area contributed by atoms with E-state index in [1.165, 1.54) is 24.4 Å². The quantitative estimate of drug-likeness (QED) is 0.530. The van der Waals surface area contributed by atoms with E-state index in [1.54, 1.807) is 6.92 Å². The molecule has 0 saturated heterocycles. The van der Waals surface area contributed by atoms with Crippen LogP contribution >= 0.6 is 9.82 Å². The maximum atomic E-state index is 4.09. The molecular formula is C6H14Mo2S. The second-order valence-corrected chi connectivity index (χ2v) is 0.854. The van der Waals surface area contributed by atoms with Gasteiger partial charge in [0.15, 0.2) is 0 Å². The summed E-state index contributed by atoms with van der Waals surface area (Å²) in [5, 5.41) is 0. The Kier molecular flexibility index (Phi) is 137. The van der Waals surface area contributed by atoms with Crippen molar-refractivity contribution in [2.75, 3.05) is 0 Å². The van der Waals surface area contributed by atoms with E-state index in [0.717, 1.165) is 6.42 Å². The van der Waals surface area contributed by atoms with Gasteiger partial charge in [0.2, 0.25) is 0 Å². The number of rotatable bonds is 1. The van der Waals surface area contributed by atoms with Gasteiger partial charge in [-0.25, -0.2) is 0 Å². The van der Waals surface area contributed by atoms with E-state index < -0.39 is 0 Å². The van der Waals surface area contributed by atoms with Crippen LogP contribution in [0.25, 0.3) is 0 Å². The molecule has 0 rings (SSSR count). The molecule has 0 heterocycles. The summed E-state index contributed by atoms with van der Waals surface area (Å²) < 4.78 is 0. The third-order valence-electron chi connectivity index (χ3n) is 0.354. The van der Waals surface area contributed by atoms with Crippen molar-refractivity contribution >= 4 is 9.82 Å². The molecule has 0 spiro atoms. The number of hydrogen-bond donors (Lipinski definition) is 0. The van der Waals surface area contributed by atoms with Crippen LogP contribution in [0.5, 0.6) is 0 Å². The summed E-state index contributed by atoms with van der Waals surface area (Å²) in [5.74, 6) is 0. The van der Waals surface area contributed by atoms with Gasteiger partial charge in [-0.2, -0.15) is 13.3 Å². The first kappa shape index (κ1) is 22.4. The molecule has 0 aliphatic carbocycles. The topological polar surface area (TPSA) is 0 Å². The van der Waals surface area contributed by atoms with Crippen LogP contribution < -0.4 is 0 Å². The van der Waals surface area contributed by atoms with Crippen LogP contribution in [0, 0.1) is 13.8 Å². The Morgan fingerprint density at radius 2 is 1.44 bits per heavy atom. The second-order valence-electron chi connectivity index (χ2n) is 0.854. The first-order chi connectivity index (χ1) is 3.91. The Morgan fingerprint density at radius 1 is 1.33 bits per heavy atom. The van der Waals surface area contributed by atoms with Gasteiger partial charge in [0.1, 0.15) is 0 Å². The zero-order valence-electron chi connectivity index (χ0n) is 6.05. The van der Waals surface area contributed by atoms with Crippen LogP contribution in [0.2, 0.25) is 0 Å². The fraction of sp³-hybridized carbons (Fsp3) is 0.667. The van der Waals surface area contributed by atoms with Crippen LogP contribution in [-0.4, -0.2) is 0 Å². The summed E-state index contributed by atoms with van der Waals surface area (Å²) in [4.78, 5) is 0. The molecule has 0 radical (unpaired) electrons. The first-order valence-corrected chi connectivity index (χ1v) is 5.37. The molecule has 0 aliphatic heterocycles. The molecule has 0 bridgehead atoms. The van der Waals surface area contributed by atoms with Crippen molar-refractivity contribution in [3.8, 4) is 0 Å². The maximum absolute atomic E-state index is 4.09. The molecule has 56 valence electrons. The normalized spacial score (nSPS) is 4.44. The van der Waals surface area contributed by atoms with Crippen molar-refractivity contribution in [2.24, 2.45) is 0 Å². The van der Waals surface area contributed by atoms with Crippen LogP contribution in [0.15, 0.2) is 0 Å². The van der Waals surface area contributed by atoms with Gasteiger partial charge in [0.25, 0.3) is 0 Å². The summed E-state index contributed by atoms with van der Waals surface area (Å²) in [6.45, 7) is 10.7. The van der Waals surface area contributed by atoms with Gasteiger partial charge in [0.05, 0.1) is 0 Å². The fourth-order valence-electron chi connectivity index (χ4n) is 0. The van der Waals surface area contributed by atoms with E-state index >= 15 is 0 Å². The van der Waals surface area contributed by atoms with Gasteiger partial charge in [-0.15, -0.1) is 0 Å². The van der Waals surface area contributed by atoms with Gasteiger partial charge in [0, 0.05) is 0 Å². The Balaban J connectivity index is -0.0000000221. The molecule has 0 nitrogen and oxygen atoms in total. The van der Waals surface area contributed by atoms with Gasteiger partial charge >= 0.3 is 48.9 Å². The minimum atomic E-state index is 0. The molecule has 0 amide bonds. The molecule has 9 heavy (non-hydrogen) atoms. The van der Waals surface area contributed by atoms with E-state index in [4.69, 9.17) is 0 Å². The van der Waals surface area contributed by atoms with E-state index in [1.807, 2.05) is 0 Å². The van der Waals surface area contributed by atoms with Crippen molar-refractivity contribution in [1.82, 2.24) is 0 Å². The monoisotopic (exact) mass is 314 g/mol. The summed E-state index contributed by atoms with van der Waals surface area (Å²) in [6.07, 6.45) is 2.28. The molecule has 0 atom stereocenters. The van der Waals surface area contributed by atoms with Crippen molar-refractivity contribution in [1.29, 1.82) is 0 Å². The van der Waals surface area contributed by atoms with Crippen LogP contribution in [-0.2, 0) is 39.1 Å². The van der Waals surface area contributed by atoms with Crippen molar-refractivity contribution in [2.45, 2.75) is 26.7 Å². The number of unbranched alkanes of at least 4 members (excludes halogenated alkanes) is 1. The second kappa shape index (κ2) is 54.8. The molecule has 0 fully saturated rings. The molecule has 0 aromatic rings. The van der Waals surface area contributed by atoms with Crippen molar-refractivity contribution in [3.05, 3.63) is 13.8 Å². The summed E-state index contributed by atoms with van der Waals surface area (Å²) >= 11 is 1.53. The van der Waals surface area contributed by atoms with Gasteiger partial charge in [-0.1, -0.05) is 13.3 Å². The van der Waals surface area contributed by atoms with E-state index in [0.29, 0.717) is 0 Å². The molecule has 3 heteroatoms. The third-order valence-corrected chi connectivity index (χ3v) is 0.354. The molecule has 0 aromatic heterocycles. The van der Waals surface area contributed by atoms with E-state index in [-0.39, 0.29) is 21.1 Å². The Morgan fingerprint density at radius 3 is 1.44 bits per heavy atom. The average Bonchev–Trinajstić information content (AvgIpc) is 1.96. The Bertz CT molecular complexity index is 18.5. The summed E-state index contributed by atoms with van der Waals surface area (Å²) in [7, 11) is 4.09. The standard InChI is InChI=1S/C4H9.C2H5.2Mo.S/c1-3-4-2;1-2;;;/h1,3-4H2,2H3;1H2,2H3;;;/q2*-1;;+2;. The zero-order chi connectivity index (χ0) is 7.41. The summed E-state index contributed by atoms with van der Waals surface area (Å²) in [5.41, 5.74) is 0. The minimum absolute atomic E-state index is 0. The Labute approximate surface area is 88.8 Å². The predicted octanol–water partition coefficient (Wildman–Crippen LogP) is 3.10. The van der Waals surface area contributed by atoms with Crippen LogP contribution in [0.4, 0.5) is 0 Å². The molecule has 0 aromatic carbocycles. The van der Waals surface area contributed by atoms with Crippen molar-refractivity contribution < 1.29 is 39.1 Å². The first-order valence-electron chi connectivity index (χ1n) is 2.58. The van der Waals surface area contributed by atoms with E-state index in [2.05, 4.69) is 30.6 Å². The molecule has 0 saturated carbocycles. The molecule has 0 aliphatic rings. The predicted molar refractivity (Wildman–Crippen MR) is 38.9 cm³/mol. The molecule has 0 unspecified atom stereocenters. The zero-order valence-corrected chi connectivity index (χ0v) is 10.9. The summed E-state index contributed by atoms with van der Waals surface area (Å²) in [6, 6.07) is 0.